The molecule has 0 unspecified atom stereocenters. The zero-order valence-corrected chi connectivity index (χ0v) is 15.7. The largest absolute Gasteiger partial charge is 0.320 e. The van der Waals surface area contributed by atoms with Crippen LogP contribution in [0.15, 0.2) is 18.2 Å². The van der Waals surface area contributed by atoms with Crippen molar-refractivity contribution in [1.29, 1.82) is 0 Å². The van der Waals surface area contributed by atoms with Crippen LogP contribution in [0.5, 0.6) is 0 Å². The topological polar surface area (TPSA) is 54.9 Å². The van der Waals surface area contributed by atoms with Crippen molar-refractivity contribution in [2.75, 3.05) is 5.32 Å². The predicted molar refractivity (Wildman–Crippen MR) is 101 cm³/mol. The van der Waals surface area contributed by atoms with E-state index < -0.39 is 0 Å². The van der Waals surface area contributed by atoms with Gasteiger partial charge in [0.25, 0.3) is 5.91 Å². The Morgan fingerprint density at radius 3 is 2.67 bits per heavy atom. The standard InChI is InChI=1S/C17H15Cl2N3OS/c1-4-13-20-9(3)14-8(2)15(24-17(14)22-13)16(23)21-12-6-5-10(18)7-11(12)19/h5-7H,4H2,1-3H3,(H,21,23). The molecule has 0 saturated carbocycles. The Hall–Kier alpha value is -1.69. The molecule has 0 radical (unpaired) electrons. The van der Waals surface area contributed by atoms with Gasteiger partial charge < -0.3 is 5.32 Å². The number of aryl methyl sites for hydroxylation is 3. The van der Waals surface area contributed by atoms with Crippen molar-refractivity contribution in [2.45, 2.75) is 27.2 Å². The summed E-state index contributed by atoms with van der Waals surface area (Å²) in [6.45, 7) is 5.87. The molecule has 2 aromatic heterocycles. The highest BCUT2D eigenvalue weighted by Gasteiger charge is 2.19. The Morgan fingerprint density at radius 2 is 2.00 bits per heavy atom. The normalized spacial score (nSPS) is 11.0. The van der Waals surface area contributed by atoms with Crippen LogP contribution in [0.4, 0.5) is 5.69 Å². The van der Waals surface area contributed by atoms with Gasteiger partial charge in [-0.2, -0.15) is 0 Å². The Balaban J connectivity index is 2.01. The SMILES string of the molecule is CCc1nc(C)c2c(C)c(C(=O)Nc3ccc(Cl)cc3Cl)sc2n1. The number of fused-ring (bicyclic) bond motifs is 1. The molecule has 1 amide bonds. The summed E-state index contributed by atoms with van der Waals surface area (Å²) >= 11 is 13.4. The molecule has 0 saturated heterocycles. The fourth-order valence-corrected chi connectivity index (χ4v) is 4.14. The number of benzene rings is 1. The Kier molecular flexibility index (Phi) is 4.76. The summed E-state index contributed by atoms with van der Waals surface area (Å²) in [7, 11) is 0. The number of hydrogen-bond acceptors (Lipinski definition) is 4. The monoisotopic (exact) mass is 379 g/mol. The molecule has 1 N–H and O–H groups in total. The number of thiophene rings is 1. The summed E-state index contributed by atoms with van der Waals surface area (Å²) in [5.74, 6) is 0.575. The summed E-state index contributed by atoms with van der Waals surface area (Å²) in [5.41, 5.74) is 2.31. The predicted octanol–water partition coefficient (Wildman–Crippen LogP) is 5.43. The van der Waals surface area contributed by atoms with E-state index in [2.05, 4.69) is 15.3 Å². The van der Waals surface area contributed by atoms with Crippen molar-refractivity contribution in [2.24, 2.45) is 0 Å². The first-order chi connectivity index (χ1) is 11.4. The van der Waals surface area contributed by atoms with E-state index >= 15 is 0 Å². The van der Waals surface area contributed by atoms with Crippen LogP contribution in [0.3, 0.4) is 0 Å². The maximum absolute atomic E-state index is 12.7. The second-order valence-corrected chi connectivity index (χ2v) is 7.24. The van der Waals surface area contributed by atoms with Crippen LogP contribution in [0.1, 0.15) is 33.7 Å². The lowest BCUT2D eigenvalue weighted by Gasteiger charge is -2.07. The van der Waals surface area contributed by atoms with Crippen LogP contribution < -0.4 is 5.32 Å². The third-order valence-corrected chi connectivity index (χ3v) is 5.45. The molecule has 0 aliphatic heterocycles. The fourth-order valence-electron chi connectivity index (χ4n) is 2.54. The molecule has 0 spiro atoms. The van der Waals surface area contributed by atoms with E-state index in [0.29, 0.717) is 20.6 Å². The summed E-state index contributed by atoms with van der Waals surface area (Å²) in [5, 5.41) is 4.71. The van der Waals surface area contributed by atoms with E-state index in [1.54, 1.807) is 18.2 Å². The lowest BCUT2D eigenvalue weighted by molar-refractivity contribution is 0.103. The number of carbonyl (C=O) groups is 1. The number of nitrogens with zero attached hydrogens (tertiary/aromatic N) is 2. The maximum atomic E-state index is 12.7. The molecule has 124 valence electrons. The van der Waals surface area contributed by atoms with Crippen LogP contribution >= 0.6 is 34.5 Å². The van der Waals surface area contributed by atoms with E-state index in [1.165, 1.54) is 11.3 Å². The molecular formula is C17H15Cl2N3OS. The second-order valence-electron chi connectivity index (χ2n) is 5.39. The van der Waals surface area contributed by atoms with E-state index in [-0.39, 0.29) is 5.91 Å². The van der Waals surface area contributed by atoms with Gasteiger partial charge in [-0.15, -0.1) is 11.3 Å². The van der Waals surface area contributed by atoms with Crippen molar-refractivity contribution < 1.29 is 4.79 Å². The number of hydrogen-bond donors (Lipinski definition) is 1. The number of aromatic nitrogens is 2. The highest BCUT2D eigenvalue weighted by molar-refractivity contribution is 7.20. The number of carbonyl (C=O) groups excluding carboxylic acids is 1. The summed E-state index contributed by atoms with van der Waals surface area (Å²) in [6.07, 6.45) is 0.760. The van der Waals surface area contributed by atoms with Gasteiger partial charge in [0.05, 0.1) is 15.6 Å². The Morgan fingerprint density at radius 1 is 1.25 bits per heavy atom. The minimum Gasteiger partial charge on any atom is -0.320 e. The average Bonchev–Trinajstić information content (AvgIpc) is 2.87. The highest BCUT2D eigenvalue weighted by Crippen LogP contribution is 2.33. The average molecular weight is 380 g/mol. The lowest BCUT2D eigenvalue weighted by Crippen LogP contribution is -2.11. The van der Waals surface area contributed by atoms with Crippen molar-refractivity contribution in [3.63, 3.8) is 0 Å². The van der Waals surface area contributed by atoms with E-state index in [4.69, 9.17) is 23.2 Å². The third kappa shape index (κ3) is 3.11. The van der Waals surface area contributed by atoms with Crippen molar-refractivity contribution in [3.8, 4) is 0 Å². The second kappa shape index (κ2) is 6.67. The highest BCUT2D eigenvalue weighted by atomic mass is 35.5. The van der Waals surface area contributed by atoms with Gasteiger partial charge in [0.1, 0.15) is 10.7 Å². The van der Waals surface area contributed by atoms with E-state index in [9.17, 15) is 4.79 Å². The van der Waals surface area contributed by atoms with E-state index in [1.807, 2.05) is 20.8 Å². The van der Waals surface area contributed by atoms with Crippen molar-refractivity contribution >= 4 is 56.3 Å². The number of nitrogens with one attached hydrogen (secondary N) is 1. The zero-order chi connectivity index (χ0) is 17.4. The molecule has 0 aliphatic carbocycles. The van der Waals surface area contributed by atoms with E-state index in [0.717, 1.165) is 33.7 Å². The first-order valence-corrected chi connectivity index (χ1v) is 9.01. The van der Waals surface area contributed by atoms with Crippen LogP contribution in [0, 0.1) is 13.8 Å². The van der Waals surface area contributed by atoms with Gasteiger partial charge in [-0.3, -0.25) is 4.79 Å². The molecule has 7 heteroatoms. The molecule has 3 aromatic rings. The minimum atomic E-state index is -0.211. The molecule has 1 aromatic carbocycles. The number of halogens is 2. The first-order valence-electron chi connectivity index (χ1n) is 7.43. The van der Waals surface area contributed by atoms with Crippen molar-refractivity contribution in [3.05, 3.63) is 50.2 Å². The van der Waals surface area contributed by atoms with Crippen LogP contribution in [-0.4, -0.2) is 15.9 Å². The van der Waals surface area contributed by atoms with Gasteiger partial charge >= 0.3 is 0 Å². The van der Waals surface area contributed by atoms with Gasteiger partial charge in [-0.05, 0) is 37.6 Å². The summed E-state index contributed by atoms with van der Waals surface area (Å²) in [6, 6.07) is 4.97. The molecular weight excluding hydrogens is 365 g/mol. The summed E-state index contributed by atoms with van der Waals surface area (Å²) < 4.78 is 0. The molecule has 0 fully saturated rings. The Labute approximate surface area is 153 Å². The first kappa shape index (κ1) is 17.1. The zero-order valence-electron chi connectivity index (χ0n) is 13.4. The smallest absolute Gasteiger partial charge is 0.266 e. The molecule has 24 heavy (non-hydrogen) atoms. The molecule has 0 atom stereocenters. The number of anilines is 1. The van der Waals surface area contributed by atoms with Gasteiger partial charge in [0, 0.05) is 22.5 Å². The van der Waals surface area contributed by atoms with Gasteiger partial charge in [-0.1, -0.05) is 30.1 Å². The van der Waals surface area contributed by atoms with Crippen LogP contribution in [0.2, 0.25) is 10.0 Å². The summed E-state index contributed by atoms with van der Waals surface area (Å²) in [4.78, 5) is 23.1. The number of rotatable bonds is 3. The molecule has 2 heterocycles. The quantitative estimate of drug-likeness (QED) is 0.659. The van der Waals surface area contributed by atoms with Crippen LogP contribution in [-0.2, 0) is 6.42 Å². The molecule has 4 nitrogen and oxygen atoms in total. The Bertz CT molecular complexity index is 953. The molecule has 0 bridgehead atoms. The van der Waals surface area contributed by atoms with Gasteiger partial charge in [-0.25, -0.2) is 9.97 Å². The van der Waals surface area contributed by atoms with Crippen LogP contribution in [0.25, 0.3) is 10.2 Å². The van der Waals surface area contributed by atoms with Gasteiger partial charge in [0.15, 0.2) is 0 Å². The molecule has 0 aliphatic rings. The fraction of sp³-hybridized carbons (Fsp3) is 0.235. The third-order valence-electron chi connectivity index (χ3n) is 3.72. The van der Waals surface area contributed by atoms with Gasteiger partial charge in [0.2, 0.25) is 0 Å². The maximum Gasteiger partial charge on any atom is 0.266 e. The lowest BCUT2D eigenvalue weighted by atomic mass is 10.1. The molecule has 3 rings (SSSR count). The number of amides is 1. The minimum absolute atomic E-state index is 0.211. The van der Waals surface area contributed by atoms with Crippen molar-refractivity contribution in [1.82, 2.24) is 9.97 Å².